The summed E-state index contributed by atoms with van der Waals surface area (Å²) < 4.78 is 0. The molecule has 0 aliphatic rings. The molecule has 0 heterocycles. The van der Waals surface area contributed by atoms with Gasteiger partial charge in [-0.1, -0.05) is 13.0 Å². The minimum absolute atomic E-state index is 0.129. The summed E-state index contributed by atoms with van der Waals surface area (Å²) in [5.74, 6) is 0. The lowest BCUT2D eigenvalue weighted by Gasteiger charge is -2.36. The third-order valence-corrected chi connectivity index (χ3v) is 3.70. The largest absolute Gasteiger partial charge is 0.380 e. The molecule has 1 aromatic rings. The van der Waals surface area contributed by atoms with Crippen LogP contribution in [0.4, 0.5) is 17.1 Å². The predicted molar refractivity (Wildman–Crippen MR) is 80.0 cm³/mol. The highest BCUT2D eigenvalue weighted by Crippen LogP contribution is 2.38. The zero-order valence-corrected chi connectivity index (χ0v) is 12.4. The minimum atomic E-state index is -0.310. The van der Waals surface area contributed by atoms with Gasteiger partial charge in [0.25, 0.3) is 0 Å². The second-order valence-electron chi connectivity index (χ2n) is 5.19. The summed E-state index contributed by atoms with van der Waals surface area (Å²) in [6.07, 6.45) is 0.909. The van der Waals surface area contributed by atoms with Gasteiger partial charge >= 0.3 is 5.69 Å². The molecule has 0 spiro atoms. The van der Waals surface area contributed by atoms with Crippen LogP contribution in [0.2, 0.25) is 0 Å². The van der Waals surface area contributed by atoms with Crippen LogP contribution in [-0.2, 0) is 0 Å². The SMILES string of the molecule is CCNc1cccc(N(C)C(C)(C)CC)c1[N+](=O)[O-]. The van der Waals surface area contributed by atoms with Crippen molar-refractivity contribution in [2.45, 2.75) is 39.7 Å². The van der Waals surface area contributed by atoms with Crippen LogP contribution < -0.4 is 10.2 Å². The Labute approximate surface area is 114 Å². The van der Waals surface area contributed by atoms with E-state index in [1.165, 1.54) is 0 Å². The highest BCUT2D eigenvalue weighted by Gasteiger charge is 2.29. The molecule has 1 aromatic carbocycles. The van der Waals surface area contributed by atoms with Crippen molar-refractivity contribution in [2.24, 2.45) is 0 Å². The fourth-order valence-electron chi connectivity index (χ4n) is 1.89. The first-order valence-electron chi connectivity index (χ1n) is 6.60. The van der Waals surface area contributed by atoms with Gasteiger partial charge < -0.3 is 10.2 Å². The fraction of sp³-hybridized carbons (Fsp3) is 0.571. The van der Waals surface area contributed by atoms with E-state index in [9.17, 15) is 10.1 Å². The first-order chi connectivity index (χ1) is 8.85. The number of nitro groups is 1. The monoisotopic (exact) mass is 265 g/mol. The minimum Gasteiger partial charge on any atom is -0.380 e. The van der Waals surface area contributed by atoms with Crippen LogP contribution in [0, 0.1) is 10.1 Å². The van der Waals surface area contributed by atoms with E-state index in [2.05, 4.69) is 26.1 Å². The van der Waals surface area contributed by atoms with Crippen molar-refractivity contribution in [3.8, 4) is 0 Å². The molecule has 106 valence electrons. The Morgan fingerprint density at radius 1 is 1.37 bits per heavy atom. The number of hydrogen-bond donors (Lipinski definition) is 1. The van der Waals surface area contributed by atoms with E-state index in [0.717, 1.165) is 6.42 Å². The van der Waals surface area contributed by atoms with E-state index in [1.54, 1.807) is 12.1 Å². The quantitative estimate of drug-likeness (QED) is 0.630. The molecule has 1 N–H and O–H groups in total. The van der Waals surface area contributed by atoms with Gasteiger partial charge in [0.15, 0.2) is 0 Å². The molecule has 0 fully saturated rings. The number of rotatable bonds is 6. The van der Waals surface area contributed by atoms with Crippen molar-refractivity contribution < 1.29 is 4.92 Å². The van der Waals surface area contributed by atoms with Gasteiger partial charge in [0.05, 0.1) is 4.92 Å². The maximum Gasteiger partial charge on any atom is 0.315 e. The van der Waals surface area contributed by atoms with Crippen LogP contribution in [-0.4, -0.2) is 24.1 Å². The lowest BCUT2D eigenvalue weighted by molar-refractivity contribution is -0.383. The highest BCUT2D eigenvalue weighted by atomic mass is 16.6. The zero-order chi connectivity index (χ0) is 14.6. The van der Waals surface area contributed by atoms with Crippen molar-refractivity contribution in [2.75, 3.05) is 23.8 Å². The maximum absolute atomic E-state index is 11.4. The smallest absolute Gasteiger partial charge is 0.315 e. The molecule has 0 saturated heterocycles. The molecule has 0 amide bonds. The number of para-hydroxylation sites is 1. The van der Waals surface area contributed by atoms with Crippen LogP contribution in [0.3, 0.4) is 0 Å². The Kier molecular flexibility index (Phi) is 4.75. The van der Waals surface area contributed by atoms with E-state index < -0.39 is 0 Å². The summed E-state index contributed by atoms with van der Waals surface area (Å²) in [6.45, 7) is 8.82. The normalized spacial score (nSPS) is 11.2. The van der Waals surface area contributed by atoms with Crippen LogP contribution in [0.1, 0.15) is 34.1 Å². The van der Waals surface area contributed by atoms with Crippen molar-refractivity contribution in [3.05, 3.63) is 28.3 Å². The molecule has 0 unspecified atom stereocenters. The molecular weight excluding hydrogens is 242 g/mol. The Bertz CT molecular complexity index is 458. The molecule has 0 aliphatic carbocycles. The molecule has 1 rings (SSSR count). The average Bonchev–Trinajstić information content (AvgIpc) is 2.37. The van der Waals surface area contributed by atoms with Gasteiger partial charge in [-0.15, -0.1) is 0 Å². The van der Waals surface area contributed by atoms with E-state index in [1.807, 2.05) is 24.9 Å². The van der Waals surface area contributed by atoms with E-state index >= 15 is 0 Å². The second kappa shape index (κ2) is 5.91. The molecule has 19 heavy (non-hydrogen) atoms. The number of hydrogen-bond acceptors (Lipinski definition) is 4. The molecule has 0 aliphatic heterocycles. The summed E-state index contributed by atoms with van der Waals surface area (Å²) in [5.41, 5.74) is 1.24. The Hall–Kier alpha value is -1.78. The van der Waals surface area contributed by atoms with Gasteiger partial charge in [-0.2, -0.15) is 0 Å². The van der Waals surface area contributed by atoms with Crippen LogP contribution in [0.25, 0.3) is 0 Å². The number of anilines is 2. The highest BCUT2D eigenvalue weighted by molar-refractivity contribution is 5.77. The van der Waals surface area contributed by atoms with Crippen LogP contribution in [0.5, 0.6) is 0 Å². The van der Waals surface area contributed by atoms with Crippen molar-refractivity contribution >= 4 is 17.1 Å². The average molecular weight is 265 g/mol. The Morgan fingerprint density at radius 2 is 2.00 bits per heavy atom. The number of nitrogens with zero attached hydrogens (tertiary/aromatic N) is 2. The lowest BCUT2D eigenvalue weighted by atomic mass is 9.98. The molecule has 0 aromatic heterocycles. The fourth-order valence-corrected chi connectivity index (χ4v) is 1.89. The molecule has 0 bridgehead atoms. The van der Waals surface area contributed by atoms with E-state index in [0.29, 0.717) is 17.9 Å². The number of nitro benzene ring substituents is 1. The second-order valence-corrected chi connectivity index (χ2v) is 5.19. The van der Waals surface area contributed by atoms with Crippen molar-refractivity contribution in [3.63, 3.8) is 0 Å². The summed E-state index contributed by atoms with van der Waals surface area (Å²) >= 11 is 0. The molecule has 0 atom stereocenters. The molecule has 5 nitrogen and oxygen atoms in total. The zero-order valence-electron chi connectivity index (χ0n) is 12.4. The maximum atomic E-state index is 11.4. The molecular formula is C14H23N3O2. The van der Waals surface area contributed by atoms with Crippen LogP contribution >= 0.6 is 0 Å². The van der Waals surface area contributed by atoms with Crippen LogP contribution in [0.15, 0.2) is 18.2 Å². The molecule has 0 saturated carbocycles. The first-order valence-corrected chi connectivity index (χ1v) is 6.60. The predicted octanol–water partition coefficient (Wildman–Crippen LogP) is 3.65. The topological polar surface area (TPSA) is 58.4 Å². The first kappa shape index (κ1) is 15.3. The summed E-state index contributed by atoms with van der Waals surface area (Å²) in [7, 11) is 1.90. The van der Waals surface area contributed by atoms with Gasteiger partial charge in [0.2, 0.25) is 0 Å². The number of nitrogens with one attached hydrogen (secondary N) is 1. The Balaban J connectivity index is 3.35. The van der Waals surface area contributed by atoms with Gasteiger partial charge in [-0.05, 0) is 39.3 Å². The van der Waals surface area contributed by atoms with E-state index in [-0.39, 0.29) is 16.1 Å². The van der Waals surface area contributed by atoms with Gasteiger partial charge in [0, 0.05) is 19.1 Å². The van der Waals surface area contributed by atoms with Gasteiger partial charge in [-0.25, -0.2) is 0 Å². The molecule has 5 heteroatoms. The van der Waals surface area contributed by atoms with Crippen molar-refractivity contribution in [1.29, 1.82) is 0 Å². The lowest BCUT2D eigenvalue weighted by Crippen LogP contribution is -2.40. The van der Waals surface area contributed by atoms with Gasteiger partial charge in [-0.3, -0.25) is 10.1 Å². The third kappa shape index (κ3) is 3.16. The Morgan fingerprint density at radius 3 is 2.47 bits per heavy atom. The summed E-state index contributed by atoms with van der Waals surface area (Å²) in [5, 5.41) is 14.4. The van der Waals surface area contributed by atoms with Crippen molar-refractivity contribution in [1.82, 2.24) is 0 Å². The third-order valence-electron chi connectivity index (χ3n) is 3.70. The summed E-state index contributed by atoms with van der Waals surface area (Å²) in [6, 6.07) is 5.40. The van der Waals surface area contributed by atoms with Gasteiger partial charge in [0.1, 0.15) is 11.4 Å². The standard InChI is InChI=1S/C14H23N3O2/c1-6-14(3,4)16(5)12-10-8-9-11(15-7-2)13(12)17(18)19/h8-10,15H,6-7H2,1-5H3. The number of benzene rings is 1. The summed E-state index contributed by atoms with van der Waals surface area (Å²) in [4.78, 5) is 13.0. The molecule has 0 radical (unpaired) electrons. The van der Waals surface area contributed by atoms with E-state index in [4.69, 9.17) is 0 Å².